The molecule has 1 amide bonds. The molecule has 0 aromatic heterocycles. The number of benzene rings is 1. The van der Waals surface area contributed by atoms with Crippen LogP contribution in [0.4, 0.5) is 0 Å². The van der Waals surface area contributed by atoms with Crippen molar-refractivity contribution in [2.75, 3.05) is 26.7 Å². The second kappa shape index (κ2) is 6.21. The van der Waals surface area contributed by atoms with E-state index in [1.54, 1.807) is 7.05 Å². The molecule has 0 spiro atoms. The zero-order valence-corrected chi connectivity index (χ0v) is 10.5. The van der Waals surface area contributed by atoms with E-state index in [0.717, 1.165) is 25.3 Å². The van der Waals surface area contributed by atoms with Crippen molar-refractivity contribution in [1.82, 2.24) is 10.6 Å². The van der Waals surface area contributed by atoms with Crippen molar-refractivity contribution < 1.29 is 9.53 Å². The van der Waals surface area contributed by atoms with Crippen LogP contribution in [0.3, 0.4) is 0 Å². The molecule has 0 bridgehead atoms. The van der Waals surface area contributed by atoms with Crippen LogP contribution in [0.5, 0.6) is 5.75 Å². The lowest BCUT2D eigenvalue weighted by atomic mass is 10.0. The Hall–Kier alpha value is -1.81. The molecule has 2 rings (SSSR count). The molecule has 96 valence electrons. The van der Waals surface area contributed by atoms with Gasteiger partial charge in [-0.05, 0) is 36.2 Å². The van der Waals surface area contributed by atoms with Gasteiger partial charge in [0.05, 0.1) is 0 Å². The molecular weight excluding hydrogens is 228 g/mol. The first-order valence-corrected chi connectivity index (χ1v) is 6.13. The van der Waals surface area contributed by atoms with Crippen molar-refractivity contribution in [3.05, 3.63) is 35.9 Å². The number of amides is 1. The van der Waals surface area contributed by atoms with E-state index in [9.17, 15) is 4.79 Å². The third kappa shape index (κ3) is 3.34. The van der Waals surface area contributed by atoms with E-state index < -0.39 is 0 Å². The lowest BCUT2D eigenvalue weighted by Crippen LogP contribution is -2.24. The highest BCUT2D eigenvalue weighted by Gasteiger charge is 2.06. The van der Waals surface area contributed by atoms with Gasteiger partial charge in [-0.15, -0.1) is 0 Å². The van der Waals surface area contributed by atoms with Gasteiger partial charge >= 0.3 is 0 Å². The molecule has 1 aliphatic heterocycles. The molecule has 2 N–H and O–H groups in total. The molecule has 4 heteroatoms. The van der Waals surface area contributed by atoms with Gasteiger partial charge in [0, 0.05) is 13.6 Å². The second-order valence-corrected chi connectivity index (χ2v) is 4.17. The summed E-state index contributed by atoms with van der Waals surface area (Å²) in [5.41, 5.74) is 2.59. The lowest BCUT2D eigenvalue weighted by molar-refractivity contribution is -0.122. The third-order valence-corrected chi connectivity index (χ3v) is 2.94. The highest BCUT2D eigenvalue weighted by molar-refractivity contribution is 5.77. The van der Waals surface area contributed by atoms with Crippen LogP contribution in [0.1, 0.15) is 12.0 Å². The van der Waals surface area contributed by atoms with Gasteiger partial charge in [0.1, 0.15) is 5.75 Å². The predicted molar refractivity (Wildman–Crippen MR) is 71.5 cm³/mol. The Morgan fingerprint density at radius 1 is 1.39 bits per heavy atom. The quantitative estimate of drug-likeness (QED) is 0.839. The van der Waals surface area contributed by atoms with Gasteiger partial charge < -0.3 is 15.4 Å². The third-order valence-electron chi connectivity index (χ3n) is 2.94. The maximum Gasteiger partial charge on any atom is 0.257 e. The monoisotopic (exact) mass is 246 g/mol. The highest BCUT2D eigenvalue weighted by Crippen LogP contribution is 2.22. The first kappa shape index (κ1) is 12.6. The summed E-state index contributed by atoms with van der Waals surface area (Å²) < 4.78 is 5.36. The van der Waals surface area contributed by atoms with Crippen molar-refractivity contribution in [3.8, 4) is 5.75 Å². The van der Waals surface area contributed by atoms with Crippen LogP contribution in [0.25, 0.3) is 5.57 Å². The zero-order valence-electron chi connectivity index (χ0n) is 10.5. The first-order valence-electron chi connectivity index (χ1n) is 6.13. The Balaban J connectivity index is 1.97. The summed E-state index contributed by atoms with van der Waals surface area (Å²) in [6, 6.07) is 7.88. The minimum absolute atomic E-state index is 0.0580. The fourth-order valence-electron chi connectivity index (χ4n) is 1.87. The standard InChI is InChI=1S/C14H18N2O2/c1-15-14(17)10-18-13-4-2-11(3-5-13)12-6-8-16-9-7-12/h2-6,16H,7-10H2,1H3,(H,15,17). The molecule has 18 heavy (non-hydrogen) atoms. The highest BCUT2D eigenvalue weighted by atomic mass is 16.5. The van der Waals surface area contributed by atoms with Gasteiger partial charge in [-0.25, -0.2) is 0 Å². The van der Waals surface area contributed by atoms with E-state index in [2.05, 4.69) is 16.7 Å². The van der Waals surface area contributed by atoms with Gasteiger partial charge in [0.15, 0.2) is 6.61 Å². The van der Waals surface area contributed by atoms with E-state index in [-0.39, 0.29) is 12.5 Å². The van der Waals surface area contributed by atoms with E-state index in [1.807, 2.05) is 24.3 Å². The topological polar surface area (TPSA) is 50.4 Å². The van der Waals surface area contributed by atoms with E-state index in [1.165, 1.54) is 11.1 Å². The minimum atomic E-state index is -0.125. The van der Waals surface area contributed by atoms with Crippen LogP contribution in [0, 0.1) is 0 Å². The molecule has 0 saturated heterocycles. The Bertz CT molecular complexity index is 438. The van der Waals surface area contributed by atoms with Gasteiger partial charge in [-0.3, -0.25) is 4.79 Å². The van der Waals surface area contributed by atoms with Gasteiger partial charge in [-0.2, -0.15) is 0 Å². The number of hydrogen-bond donors (Lipinski definition) is 2. The maximum absolute atomic E-state index is 11.0. The Morgan fingerprint density at radius 2 is 2.17 bits per heavy atom. The first-order chi connectivity index (χ1) is 8.79. The molecule has 4 nitrogen and oxygen atoms in total. The van der Waals surface area contributed by atoms with Crippen molar-refractivity contribution in [2.24, 2.45) is 0 Å². The number of rotatable bonds is 4. The number of ether oxygens (including phenoxy) is 1. The molecule has 0 radical (unpaired) electrons. The van der Waals surface area contributed by atoms with Crippen LogP contribution < -0.4 is 15.4 Å². The van der Waals surface area contributed by atoms with E-state index >= 15 is 0 Å². The number of carbonyl (C=O) groups is 1. The Labute approximate surface area is 107 Å². The summed E-state index contributed by atoms with van der Waals surface area (Å²) in [6.07, 6.45) is 3.27. The van der Waals surface area contributed by atoms with Crippen molar-refractivity contribution >= 4 is 11.5 Å². The summed E-state index contributed by atoms with van der Waals surface area (Å²) in [5, 5.41) is 5.81. The summed E-state index contributed by atoms with van der Waals surface area (Å²) in [6.45, 7) is 2.02. The maximum atomic E-state index is 11.0. The van der Waals surface area contributed by atoms with Crippen molar-refractivity contribution in [2.45, 2.75) is 6.42 Å². The molecular formula is C14H18N2O2. The average molecular weight is 246 g/mol. The van der Waals surface area contributed by atoms with Gasteiger partial charge in [0.25, 0.3) is 5.91 Å². The SMILES string of the molecule is CNC(=O)COc1ccc(C2=CCNCC2)cc1. The van der Waals surface area contributed by atoms with Crippen LogP contribution in [0.2, 0.25) is 0 Å². The molecule has 0 fully saturated rings. The molecule has 0 saturated carbocycles. The summed E-state index contributed by atoms with van der Waals surface area (Å²) in [4.78, 5) is 11.0. The molecule has 1 heterocycles. The number of carbonyl (C=O) groups excluding carboxylic acids is 1. The average Bonchev–Trinajstić information content (AvgIpc) is 2.46. The fraction of sp³-hybridized carbons (Fsp3) is 0.357. The molecule has 0 atom stereocenters. The lowest BCUT2D eigenvalue weighted by Gasteiger charge is -2.14. The Kier molecular flexibility index (Phi) is 4.36. The van der Waals surface area contributed by atoms with Crippen molar-refractivity contribution in [1.29, 1.82) is 0 Å². The second-order valence-electron chi connectivity index (χ2n) is 4.17. The van der Waals surface area contributed by atoms with Crippen LogP contribution >= 0.6 is 0 Å². The molecule has 1 aromatic carbocycles. The number of hydrogen-bond acceptors (Lipinski definition) is 3. The normalized spacial score (nSPS) is 14.8. The molecule has 0 unspecified atom stereocenters. The largest absolute Gasteiger partial charge is 0.484 e. The molecule has 1 aromatic rings. The smallest absolute Gasteiger partial charge is 0.257 e. The van der Waals surface area contributed by atoms with Gasteiger partial charge in [0.2, 0.25) is 0 Å². The zero-order chi connectivity index (χ0) is 12.8. The minimum Gasteiger partial charge on any atom is -0.484 e. The van der Waals surface area contributed by atoms with E-state index in [0.29, 0.717) is 0 Å². The summed E-state index contributed by atoms with van der Waals surface area (Å²) in [7, 11) is 1.60. The summed E-state index contributed by atoms with van der Waals surface area (Å²) >= 11 is 0. The number of likely N-dealkylation sites (N-methyl/N-ethyl adjacent to an activating group) is 1. The predicted octanol–water partition coefficient (Wildman–Crippen LogP) is 1.19. The summed E-state index contributed by atoms with van der Waals surface area (Å²) in [5.74, 6) is 0.594. The van der Waals surface area contributed by atoms with Crippen LogP contribution in [0.15, 0.2) is 30.3 Å². The van der Waals surface area contributed by atoms with Crippen molar-refractivity contribution in [3.63, 3.8) is 0 Å². The van der Waals surface area contributed by atoms with Crippen LogP contribution in [-0.4, -0.2) is 32.7 Å². The van der Waals surface area contributed by atoms with Gasteiger partial charge in [-0.1, -0.05) is 18.2 Å². The fourth-order valence-corrected chi connectivity index (χ4v) is 1.87. The molecule has 1 aliphatic rings. The molecule has 0 aliphatic carbocycles. The van der Waals surface area contributed by atoms with Crippen LogP contribution in [-0.2, 0) is 4.79 Å². The van der Waals surface area contributed by atoms with E-state index in [4.69, 9.17) is 4.74 Å². The number of nitrogens with one attached hydrogen (secondary N) is 2. The Morgan fingerprint density at radius 3 is 2.78 bits per heavy atom.